The van der Waals surface area contributed by atoms with Crippen LogP contribution in [-0.2, 0) is 5.41 Å². The summed E-state index contributed by atoms with van der Waals surface area (Å²) in [5.74, 6) is 2.22. The minimum atomic E-state index is 0.0581. The summed E-state index contributed by atoms with van der Waals surface area (Å²) in [4.78, 5) is 14.4. The Balaban J connectivity index is 1.88. The monoisotopic (exact) mass is 320 g/mol. The Hall–Kier alpha value is -1.16. The molecule has 0 radical (unpaired) electrons. The van der Waals surface area contributed by atoms with Crippen LogP contribution in [0.25, 0.3) is 0 Å². The molecule has 1 aliphatic heterocycles. The molecule has 4 heteroatoms. The van der Waals surface area contributed by atoms with E-state index in [0.29, 0.717) is 0 Å². The molecule has 0 aliphatic carbocycles. The molecular formula is C18H28N2OS. The first-order valence-electron chi connectivity index (χ1n) is 8.18. The quantitative estimate of drug-likeness (QED) is 0.913. The van der Waals surface area contributed by atoms with E-state index in [1.165, 1.54) is 11.3 Å². The normalized spacial score (nSPS) is 17.7. The van der Waals surface area contributed by atoms with Crippen LogP contribution < -0.4 is 5.32 Å². The fourth-order valence-electron chi connectivity index (χ4n) is 3.07. The van der Waals surface area contributed by atoms with Crippen LogP contribution in [0.15, 0.2) is 30.3 Å². The van der Waals surface area contributed by atoms with E-state index in [2.05, 4.69) is 50.4 Å². The number of nitrogens with one attached hydrogen (secondary N) is 1. The molecule has 0 bridgehead atoms. The summed E-state index contributed by atoms with van der Waals surface area (Å²) in [5.41, 5.74) is 1.38. The fraction of sp³-hybridized carbons (Fsp3) is 0.611. The maximum atomic E-state index is 12.4. The van der Waals surface area contributed by atoms with Gasteiger partial charge in [-0.1, -0.05) is 44.2 Å². The molecule has 2 rings (SSSR count). The third kappa shape index (κ3) is 4.94. The van der Waals surface area contributed by atoms with E-state index in [1.807, 2.05) is 22.7 Å². The highest BCUT2D eigenvalue weighted by Gasteiger charge is 2.25. The van der Waals surface area contributed by atoms with Crippen LogP contribution in [0.4, 0.5) is 4.79 Å². The van der Waals surface area contributed by atoms with E-state index < -0.39 is 0 Å². The number of urea groups is 1. The highest BCUT2D eigenvalue weighted by molar-refractivity contribution is 7.99. The average molecular weight is 321 g/mol. The summed E-state index contributed by atoms with van der Waals surface area (Å²) >= 11 is 1.94. The Morgan fingerprint density at radius 3 is 2.73 bits per heavy atom. The summed E-state index contributed by atoms with van der Waals surface area (Å²) in [6, 6.07) is 10.8. The van der Waals surface area contributed by atoms with Gasteiger partial charge in [0.2, 0.25) is 0 Å². The molecule has 0 aromatic heterocycles. The Labute approximate surface area is 138 Å². The number of hydrogen-bond acceptors (Lipinski definition) is 2. The molecule has 1 aromatic rings. The largest absolute Gasteiger partial charge is 0.336 e. The maximum Gasteiger partial charge on any atom is 0.317 e. The van der Waals surface area contributed by atoms with Crippen molar-refractivity contribution < 1.29 is 4.79 Å². The molecule has 1 heterocycles. The van der Waals surface area contributed by atoms with Gasteiger partial charge in [-0.3, -0.25) is 0 Å². The van der Waals surface area contributed by atoms with Gasteiger partial charge in [0.1, 0.15) is 0 Å². The zero-order valence-corrected chi connectivity index (χ0v) is 14.8. The lowest BCUT2D eigenvalue weighted by Gasteiger charge is -2.30. The summed E-state index contributed by atoms with van der Waals surface area (Å²) in [5, 5.41) is 3.18. The predicted octanol–water partition coefficient (Wildman–Crippen LogP) is 3.89. The van der Waals surface area contributed by atoms with Crippen molar-refractivity contribution in [3.63, 3.8) is 0 Å². The Bertz CT molecular complexity index is 467. The minimum absolute atomic E-state index is 0.0581. The van der Waals surface area contributed by atoms with Crippen molar-refractivity contribution in [2.45, 2.75) is 45.1 Å². The first kappa shape index (κ1) is 17.2. The molecule has 0 spiro atoms. The lowest BCUT2D eigenvalue weighted by atomic mass is 9.79. The van der Waals surface area contributed by atoms with Crippen molar-refractivity contribution in [2.24, 2.45) is 0 Å². The smallest absolute Gasteiger partial charge is 0.317 e. The second kappa shape index (κ2) is 7.91. The van der Waals surface area contributed by atoms with Gasteiger partial charge in [0.15, 0.2) is 0 Å². The Morgan fingerprint density at radius 2 is 2.00 bits per heavy atom. The van der Waals surface area contributed by atoms with Gasteiger partial charge in [-0.25, -0.2) is 4.79 Å². The topological polar surface area (TPSA) is 32.3 Å². The summed E-state index contributed by atoms with van der Waals surface area (Å²) in [6.45, 7) is 8.34. The molecule has 1 aliphatic rings. The summed E-state index contributed by atoms with van der Waals surface area (Å²) < 4.78 is 0. The molecule has 0 saturated carbocycles. The SMILES string of the molecule is CC(CC(C)(C)c1ccccc1)NC(=O)N1CCCSCC1. The molecule has 22 heavy (non-hydrogen) atoms. The summed E-state index contributed by atoms with van der Waals surface area (Å²) in [6.07, 6.45) is 2.04. The van der Waals surface area contributed by atoms with Crippen LogP contribution in [0.1, 0.15) is 39.2 Å². The molecule has 2 amide bonds. The summed E-state index contributed by atoms with van der Waals surface area (Å²) in [7, 11) is 0. The number of carbonyl (C=O) groups is 1. The molecule has 1 atom stereocenters. The molecule has 1 N–H and O–H groups in total. The predicted molar refractivity (Wildman–Crippen MR) is 95.6 cm³/mol. The highest BCUT2D eigenvalue weighted by Crippen LogP contribution is 2.28. The molecule has 1 unspecified atom stereocenters. The van der Waals surface area contributed by atoms with Gasteiger partial charge in [0.05, 0.1) is 0 Å². The molecule has 1 saturated heterocycles. The van der Waals surface area contributed by atoms with E-state index in [1.54, 1.807) is 0 Å². The maximum absolute atomic E-state index is 12.4. The van der Waals surface area contributed by atoms with E-state index in [4.69, 9.17) is 0 Å². The first-order chi connectivity index (χ1) is 10.5. The van der Waals surface area contributed by atoms with Gasteiger partial charge in [-0.05, 0) is 36.5 Å². The molecule has 122 valence electrons. The second-order valence-electron chi connectivity index (χ2n) is 6.76. The van der Waals surface area contributed by atoms with Crippen molar-refractivity contribution in [2.75, 3.05) is 24.6 Å². The van der Waals surface area contributed by atoms with E-state index in [-0.39, 0.29) is 17.5 Å². The number of nitrogens with zero attached hydrogens (tertiary/aromatic N) is 1. The van der Waals surface area contributed by atoms with Crippen molar-refractivity contribution >= 4 is 17.8 Å². The van der Waals surface area contributed by atoms with Crippen LogP contribution in [0.5, 0.6) is 0 Å². The van der Waals surface area contributed by atoms with E-state index in [9.17, 15) is 4.79 Å². The third-order valence-electron chi connectivity index (χ3n) is 4.25. The average Bonchev–Trinajstić information content (AvgIpc) is 2.76. The van der Waals surface area contributed by atoms with Crippen LogP contribution in [0, 0.1) is 0 Å². The number of rotatable bonds is 4. The van der Waals surface area contributed by atoms with Gasteiger partial charge in [-0.2, -0.15) is 11.8 Å². The van der Waals surface area contributed by atoms with E-state index in [0.717, 1.165) is 31.7 Å². The molecule has 1 aromatic carbocycles. The molecule has 3 nitrogen and oxygen atoms in total. The van der Waals surface area contributed by atoms with Crippen LogP contribution in [0.2, 0.25) is 0 Å². The number of amides is 2. The Morgan fingerprint density at radius 1 is 1.27 bits per heavy atom. The fourth-order valence-corrected chi connectivity index (χ4v) is 3.96. The van der Waals surface area contributed by atoms with Crippen LogP contribution in [-0.4, -0.2) is 41.6 Å². The van der Waals surface area contributed by atoms with E-state index >= 15 is 0 Å². The van der Waals surface area contributed by atoms with Crippen LogP contribution >= 0.6 is 11.8 Å². The minimum Gasteiger partial charge on any atom is -0.336 e. The van der Waals surface area contributed by atoms with Gasteiger partial charge in [-0.15, -0.1) is 0 Å². The van der Waals surface area contributed by atoms with Gasteiger partial charge >= 0.3 is 6.03 Å². The zero-order chi connectivity index (χ0) is 16.0. The third-order valence-corrected chi connectivity index (χ3v) is 5.30. The number of benzene rings is 1. The van der Waals surface area contributed by atoms with Gasteiger partial charge in [0, 0.05) is 24.9 Å². The van der Waals surface area contributed by atoms with Gasteiger partial charge in [0.25, 0.3) is 0 Å². The van der Waals surface area contributed by atoms with Crippen molar-refractivity contribution in [3.05, 3.63) is 35.9 Å². The number of thioether (sulfide) groups is 1. The second-order valence-corrected chi connectivity index (χ2v) is 7.98. The number of hydrogen-bond donors (Lipinski definition) is 1. The number of carbonyl (C=O) groups excluding carboxylic acids is 1. The van der Waals surface area contributed by atoms with Crippen LogP contribution in [0.3, 0.4) is 0 Å². The van der Waals surface area contributed by atoms with Crippen molar-refractivity contribution in [1.82, 2.24) is 10.2 Å². The molecule has 1 fully saturated rings. The molecular weight excluding hydrogens is 292 g/mol. The van der Waals surface area contributed by atoms with Gasteiger partial charge < -0.3 is 10.2 Å². The Kier molecular flexibility index (Phi) is 6.18. The lowest BCUT2D eigenvalue weighted by Crippen LogP contribution is -2.46. The zero-order valence-electron chi connectivity index (χ0n) is 14.0. The first-order valence-corrected chi connectivity index (χ1v) is 9.33. The standard InChI is InChI=1S/C18H28N2OS/c1-15(14-18(2,3)16-8-5-4-6-9-16)19-17(21)20-10-7-12-22-13-11-20/h4-6,8-9,15H,7,10-14H2,1-3H3,(H,19,21). The van der Waals surface area contributed by atoms with Crippen molar-refractivity contribution in [1.29, 1.82) is 0 Å². The van der Waals surface area contributed by atoms with Crippen molar-refractivity contribution in [3.8, 4) is 0 Å². The highest BCUT2D eigenvalue weighted by atomic mass is 32.2. The lowest BCUT2D eigenvalue weighted by molar-refractivity contribution is 0.196.